The molecule has 33 heteroatoms. The first-order valence-electron chi connectivity index (χ1n) is 27.7. The number of aromatic nitrogens is 6. The Balaban J connectivity index is 0.000000197. The summed E-state index contributed by atoms with van der Waals surface area (Å²) in [5, 5.41) is 21.6. The third kappa shape index (κ3) is 15.1. The smallest absolute Gasteiger partial charge is 0.399 e. The average Bonchev–Trinajstić information content (AvgIpc) is 1.60. The van der Waals surface area contributed by atoms with E-state index in [-0.39, 0.29) is 56.6 Å². The minimum Gasteiger partial charge on any atom is -0.399 e. The van der Waals surface area contributed by atoms with Gasteiger partial charge in [0.1, 0.15) is 34.4 Å². The van der Waals surface area contributed by atoms with Gasteiger partial charge in [0.2, 0.25) is 51.7 Å². The lowest BCUT2D eigenvalue weighted by Gasteiger charge is -2.32. The van der Waals surface area contributed by atoms with Crippen LogP contribution in [-0.2, 0) is 54.1 Å². The van der Waals surface area contributed by atoms with Gasteiger partial charge in [-0.05, 0) is 157 Å². The molecule has 0 amide bonds. The lowest BCUT2D eigenvalue weighted by Crippen LogP contribution is -2.41. The molecule has 0 saturated carbocycles. The van der Waals surface area contributed by atoms with E-state index in [0.717, 1.165) is 47.1 Å². The number of carbonyl (C=O) groups excluding carboxylic acids is 2. The maximum atomic E-state index is 15.6. The average molecular weight is 1390 g/mol. The molecular weight excluding hydrogens is 1330 g/mol. The maximum absolute atomic E-state index is 15.6. The number of aromatic amines is 1. The van der Waals surface area contributed by atoms with Gasteiger partial charge in [-0.2, -0.15) is 10.2 Å². The van der Waals surface area contributed by atoms with Crippen molar-refractivity contribution < 1.29 is 74.9 Å². The molecule has 2 aliphatic heterocycles. The molecule has 1 unspecified atom stereocenters. The van der Waals surface area contributed by atoms with Crippen molar-refractivity contribution in [2.75, 3.05) is 27.6 Å². The molecule has 480 valence electrons. The van der Waals surface area contributed by atoms with Crippen molar-refractivity contribution >= 4 is 114 Å². The number of hydrogen-bond donors (Lipinski definition) is 5. The van der Waals surface area contributed by atoms with Crippen molar-refractivity contribution in [3.63, 3.8) is 0 Å². The van der Waals surface area contributed by atoms with E-state index in [2.05, 4.69) is 41.2 Å². The van der Waals surface area contributed by atoms with Crippen LogP contribution in [0.25, 0.3) is 33.2 Å². The van der Waals surface area contributed by atoms with Gasteiger partial charge >= 0.3 is 7.12 Å². The highest BCUT2D eigenvalue weighted by atomic mass is 79.9. The Labute approximate surface area is 525 Å². The third-order valence-corrected chi connectivity index (χ3v) is 20.4. The molecule has 7 N–H and O–H groups in total. The first-order valence-corrected chi connectivity index (χ1v) is 34.9. The molecule has 2 fully saturated rings. The van der Waals surface area contributed by atoms with E-state index in [4.69, 9.17) is 24.3 Å². The second kappa shape index (κ2) is 26.6. The maximum Gasteiger partial charge on any atom is 0.496 e. The van der Waals surface area contributed by atoms with Crippen LogP contribution in [0.2, 0.25) is 0 Å². The summed E-state index contributed by atoms with van der Waals surface area (Å²) in [5.41, 5.74) is -1.01. The number of nitrogens with zero attached hydrogens (tertiary/aromatic N) is 5. The van der Waals surface area contributed by atoms with Gasteiger partial charge in [0, 0.05) is 34.5 Å². The van der Waals surface area contributed by atoms with Crippen molar-refractivity contribution in [1.82, 2.24) is 29.9 Å². The van der Waals surface area contributed by atoms with Gasteiger partial charge in [-0.1, -0.05) is 35.8 Å². The molecule has 8 aromatic rings. The summed E-state index contributed by atoms with van der Waals surface area (Å²) in [4.78, 5) is 35.9. The molecule has 0 aliphatic carbocycles. The number of sulfonamides is 4. The third-order valence-electron chi connectivity index (χ3n) is 14.8. The number of benzene rings is 4. The summed E-state index contributed by atoms with van der Waals surface area (Å²) in [6.45, 7) is 14.8. The van der Waals surface area contributed by atoms with Crippen molar-refractivity contribution in [3.05, 3.63) is 147 Å². The number of nitrogens with one attached hydrogen (secondary N) is 3. The SMILES string of the molecule is CCCS(=O)(=O)Nc1c(F)ccc(C(=O)c2[nH]nc3ncc(-c4ccc(S(N)(=O)=O)cc4C)cc23)c1F.CCCS(=O)(=O)Nc1c(F)ccc(C(=O)c2nn(C3CCCCO3)c3ncc(B4OC(C)(C)C(C)(C)O4)cc23)c1F.Cc1cc(S(N)(=O)=O)ccc1Br. The van der Waals surface area contributed by atoms with Crippen LogP contribution in [0.3, 0.4) is 0 Å². The Bertz CT molecular complexity index is 4600. The Morgan fingerprint density at radius 3 is 1.77 bits per heavy atom. The Kier molecular flexibility index (Phi) is 20.4. The van der Waals surface area contributed by atoms with Crippen LogP contribution in [-0.4, -0.2) is 112 Å². The Hall–Kier alpha value is -7.08. The lowest BCUT2D eigenvalue weighted by atomic mass is 9.80. The van der Waals surface area contributed by atoms with Gasteiger partial charge in [-0.15, -0.1) is 0 Å². The molecule has 10 rings (SSSR count). The van der Waals surface area contributed by atoms with Crippen molar-refractivity contribution in [1.29, 1.82) is 0 Å². The van der Waals surface area contributed by atoms with E-state index in [1.54, 1.807) is 52.1 Å². The van der Waals surface area contributed by atoms with E-state index >= 15 is 8.78 Å². The molecular formula is C57H62BBrF4N10O13S4. The first-order chi connectivity index (χ1) is 42.0. The number of aryl methyl sites for hydroxylation is 2. The minimum atomic E-state index is -4.03. The summed E-state index contributed by atoms with van der Waals surface area (Å²) in [5.74, 6) is -7.50. The molecule has 1 atom stereocenters. The minimum absolute atomic E-state index is 0.0703. The summed E-state index contributed by atoms with van der Waals surface area (Å²) >= 11 is 3.26. The largest absolute Gasteiger partial charge is 0.496 e. The van der Waals surface area contributed by atoms with Crippen molar-refractivity contribution in [3.8, 4) is 11.1 Å². The highest BCUT2D eigenvalue weighted by Crippen LogP contribution is 2.38. The number of fused-ring (bicyclic) bond motifs is 2. The summed E-state index contributed by atoms with van der Waals surface area (Å²) < 4.78 is 178. The number of primary sulfonamides is 2. The molecule has 0 bridgehead atoms. The number of ether oxygens (including phenoxy) is 1. The Morgan fingerprint density at radius 2 is 1.26 bits per heavy atom. The van der Waals surface area contributed by atoms with E-state index in [1.165, 1.54) is 41.2 Å². The van der Waals surface area contributed by atoms with Gasteiger partial charge in [0.15, 0.2) is 29.2 Å². The monoisotopic (exact) mass is 1390 g/mol. The number of H-pyrrole nitrogens is 1. The standard InChI is InChI=1S/C27H33BF2N4O6S.C23H21F2N5O5S2.C7H8BrNO2S/c1-6-13-41(36,37)33-23-19(29)11-10-17(21(23)30)24(35)22-18-14-16(28-39-26(2,3)27(4,5)40-28)15-31-25(18)34(32-22)20-9-7-8-12-38-20;1-3-8-36(32,33)30-21-18(24)7-6-16(19(21)25)22(31)20-17-10-13(11-27-23(17)29-28-20)15-5-4-14(9-12(15)2)37(26,34)35;1-5-4-6(12(9,10)11)2-3-7(5)8/h10-11,14-15,20,33H,6-9,12-13H2,1-5H3;4-7,9-11,30H,3,8H2,1-2H3,(H2,26,34,35)(H,27,28,29);2-4H,1H3,(H2,9,10,11). The summed E-state index contributed by atoms with van der Waals surface area (Å²) in [6, 6.07) is 15.7. The van der Waals surface area contributed by atoms with Crippen LogP contribution >= 0.6 is 15.9 Å². The van der Waals surface area contributed by atoms with Gasteiger partial charge in [-0.3, -0.25) is 24.1 Å². The Morgan fingerprint density at radius 1 is 0.711 bits per heavy atom. The number of halogens is 5. The van der Waals surface area contributed by atoms with Crippen molar-refractivity contribution in [2.24, 2.45) is 10.3 Å². The second-order valence-corrected chi connectivity index (χ2v) is 29.7. The fourth-order valence-corrected chi connectivity index (χ4v) is 13.2. The van der Waals surface area contributed by atoms with Gasteiger partial charge in [0.05, 0.1) is 54.4 Å². The van der Waals surface area contributed by atoms with Crippen LogP contribution in [0.1, 0.15) is 123 Å². The zero-order chi connectivity index (χ0) is 66.2. The number of carbonyl (C=O) groups is 2. The molecule has 6 heterocycles. The summed E-state index contributed by atoms with van der Waals surface area (Å²) in [7, 11) is -16.3. The fourth-order valence-electron chi connectivity index (χ4n) is 9.44. The second-order valence-electron chi connectivity index (χ2n) is 22.1. The first kappa shape index (κ1) is 68.8. The van der Waals surface area contributed by atoms with E-state index in [9.17, 15) is 52.0 Å². The quantitative estimate of drug-likeness (QED) is 0.0323. The van der Waals surface area contributed by atoms with Crippen LogP contribution in [0.15, 0.2) is 99.5 Å². The topological polar surface area (TPSA) is 347 Å². The van der Waals surface area contributed by atoms with Crippen LogP contribution in [0.5, 0.6) is 0 Å². The molecule has 4 aromatic heterocycles. The molecule has 90 heavy (non-hydrogen) atoms. The molecule has 4 aromatic carbocycles. The normalized spacial score (nSPS) is 15.9. The number of ketones is 2. The number of nitrogens with two attached hydrogens (primary N) is 2. The molecule has 0 spiro atoms. The van der Waals surface area contributed by atoms with E-state index in [1.807, 2.05) is 37.1 Å². The lowest BCUT2D eigenvalue weighted by molar-refractivity contribution is -0.0371. The zero-order valence-electron chi connectivity index (χ0n) is 49.6. The van der Waals surface area contributed by atoms with E-state index in [0.29, 0.717) is 46.2 Å². The molecule has 0 radical (unpaired) electrons. The summed E-state index contributed by atoms with van der Waals surface area (Å²) in [6.07, 6.45) is 5.43. The van der Waals surface area contributed by atoms with Gasteiger partial charge in [0.25, 0.3) is 0 Å². The zero-order valence-corrected chi connectivity index (χ0v) is 54.5. The van der Waals surface area contributed by atoms with Gasteiger partial charge < -0.3 is 14.0 Å². The van der Waals surface area contributed by atoms with Crippen LogP contribution in [0, 0.1) is 37.1 Å². The number of pyridine rings is 2. The van der Waals surface area contributed by atoms with Crippen LogP contribution in [0.4, 0.5) is 28.9 Å². The van der Waals surface area contributed by atoms with E-state index < -0.39 is 122 Å². The van der Waals surface area contributed by atoms with Crippen LogP contribution < -0.4 is 25.2 Å². The molecule has 2 saturated heterocycles. The number of rotatable bonds is 17. The molecule has 2 aliphatic rings. The number of hydrogen-bond acceptors (Lipinski definition) is 17. The number of anilines is 2. The predicted octanol–water partition coefficient (Wildman–Crippen LogP) is 8.74. The van der Waals surface area contributed by atoms with Gasteiger partial charge in [-0.25, -0.2) is 76.2 Å². The fraction of sp³-hybridized carbons (Fsp3) is 0.333. The highest BCUT2D eigenvalue weighted by molar-refractivity contribution is 9.10. The van der Waals surface area contributed by atoms with Crippen molar-refractivity contribution in [2.45, 2.75) is 115 Å². The predicted molar refractivity (Wildman–Crippen MR) is 333 cm³/mol. The molecule has 23 nitrogen and oxygen atoms in total. The highest BCUT2D eigenvalue weighted by Gasteiger charge is 2.52.